The van der Waals surface area contributed by atoms with E-state index in [4.69, 9.17) is 27.9 Å². The molecule has 1 saturated heterocycles. The highest BCUT2D eigenvalue weighted by molar-refractivity contribution is 6.42. The summed E-state index contributed by atoms with van der Waals surface area (Å²) in [5, 5.41) is 0.809. The number of fused-ring (bicyclic) bond motifs is 3. The van der Waals surface area contributed by atoms with Crippen molar-refractivity contribution in [1.29, 1.82) is 0 Å². The van der Waals surface area contributed by atoms with E-state index in [1.165, 1.54) is 0 Å². The maximum atomic E-state index is 12.7. The van der Waals surface area contributed by atoms with Gasteiger partial charge in [0.15, 0.2) is 5.72 Å². The Hall–Kier alpha value is -1.55. The van der Waals surface area contributed by atoms with Gasteiger partial charge in [0, 0.05) is 23.2 Å². The van der Waals surface area contributed by atoms with Crippen LogP contribution >= 0.6 is 23.2 Å². The first-order valence-corrected chi connectivity index (χ1v) is 7.41. The lowest BCUT2D eigenvalue weighted by molar-refractivity contribution is -0.0304. The zero-order chi connectivity index (χ0) is 14.6. The largest absolute Gasteiger partial charge is 0.345 e. The van der Waals surface area contributed by atoms with Gasteiger partial charge in [-0.15, -0.1) is 0 Å². The molecular weight excluding hydrogens is 309 g/mol. The third-order valence-corrected chi connectivity index (χ3v) is 4.79. The molecule has 1 amide bonds. The monoisotopic (exact) mass is 319 g/mol. The van der Waals surface area contributed by atoms with E-state index in [0.29, 0.717) is 28.8 Å². The van der Waals surface area contributed by atoms with Crippen LogP contribution in [0.25, 0.3) is 0 Å². The molecule has 0 spiro atoms. The van der Waals surface area contributed by atoms with Crippen molar-refractivity contribution in [1.82, 2.24) is 4.90 Å². The van der Waals surface area contributed by atoms with Gasteiger partial charge in [0.25, 0.3) is 5.91 Å². The van der Waals surface area contributed by atoms with Crippen molar-refractivity contribution in [2.24, 2.45) is 0 Å². The second-order valence-electron chi connectivity index (χ2n) is 5.13. The Bertz CT molecular complexity index is 747. The Morgan fingerprint density at radius 1 is 1.10 bits per heavy atom. The number of benzene rings is 2. The van der Waals surface area contributed by atoms with Crippen molar-refractivity contribution >= 4 is 29.1 Å². The summed E-state index contributed by atoms with van der Waals surface area (Å²) in [6, 6.07) is 13.1. The molecule has 0 bridgehead atoms. The molecule has 2 aromatic carbocycles. The Balaban J connectivity index is 2.03. The standard InChI is InChI=1S/C16H11Cl2NO2/c17-13-8-11-12(9-14(13)18)16(10-4-2-1-3-5-10)19(15(11)20)6-7-21-16/h1-5,8-9H,6-7H2. The lowest BCUT2D eigenvalue weighted by Gasteiger charge is -2.32. The number of carbonyl (C=O) groups excluding carboxylic acids is 1. The van der Waals surface area contributed by atoms with Crippen molar-refractivity contribution in [3.63, 3.8) is 0 Å². The zero-order valence-electron chi connectivity index (χ0n) is 11.0. The minimum absolute atomic E-state index is 0.0649. The van der Waals surface area contributed by atoms with Crippen LogP contribution in [-0.4, -0.2) is 24.0 Å². The number of carbonyl (C=O) groups is 1. The van der Waals surface area contributed by atoms with Crippen molar-refractivity contribution < 1.29 is 9.53 Å². The summed E-state index contributed by atoms with van der Waals surface area (Å²) in [4.78, 5) is 14.4. The number of rotatable bonds is 1. The molecule has 2 aliphatic rings. The highest BCUT2D eigenvalue weighted by Gasteiger charge is 2.55. The Morgan fingerprint density at radius 2 is 1.81 bits per heavy atom. The summed E-state index contributed by atoms with van der Waals surface area (Å²) < 4.78 is 6.05. The van der Waals surface area contributed by atoms with Crippen LogP contribution < -0.4 is 0 Å². The fourth-order valence-electron chi connectivity index (χ4n) is 3.20. The molecule has 0 aliphatic carbocycles. The minimum Gasteiger partial charge on any atom is -0.345 e. The zero-order valence-corrected chi connectivity index (χ0v) is 12.5. The summed E-state index contributed by atoms with van der Waals surface area (Å²) in [6.45, 7) is 1.05. The fourth-order valence-corrected chi connectivity index (χ4v) is 3.52. The van der Waals surface area contributed by atoms with Gasteiger partial charge in [-0.05, 0) is 12.1 Å². The van der Waals surface area contributed by atoms with Crippen molar-refractivity contribution in [3.05, 3.63) is 69.2 Å². The van der Waals surface area contributed by atoms with Gasteiger partial charge in [0.05, 0.1) is 16.7 Å². The molecule has 21 heavy (non-hydrogen) atoms. The summed E-state index contributed by atoms with van der Waals surface area (Å²) >= 11 is 12.2. The highest BCUT2D eigenvalue weighted by Crippen LogP contribution is 2.49. The molecule has 1 unspecified atom stereocenters. The fraction of sp³-hybridized carbons (Fsp3) is 0.188. The van der Waals surface area contributed by atoms with E-state index in [1.54, 1.807) is 17.0 Å². The molecule has 5 heteroatoms. The van der Waals surface area contributed by atoms with Gasteiger partial charge in [-0.25, -0.2) is 0 Å². The molecule has 2 aromatic rings. The molecule has 3 nitrogen and oxygen atoms in total. The molecule has 2 heterocycles. The van der Waals surface area contributed by atoms with Gasteiger partial charge in [-0.2, -0.15) is 0 Å². The van der Waals surface area contributed by atoms with Crippen LogP contribution in [0.1, 0.15) is 21.5 Å². The smallest absolute Gasteiger partial charge is 0.257 e. The predicted molar refractivity (Wildman–Crippen MR) is 80.7 cm³/mol. The van der Waals surface area contributed by atoms with Gasteiger partial charge >= 0.3 is 0 Å². The van der Waals surface area contributed by atoms with E-state index >= 15 is 0 Å². The quantitative estimate of drug-likeness (QED) is 0.802. The van der Waals surface area contributed by atoms with Crippen molar-refractivity contribution in [3.8, 4) is 0 Å². The van der Waals surface area contributed by atoms with Crippen LogP contribution in [0.3, 0.4) is 0 Å². The molecule has 0 N–H and O–H groups in total. The second kappa shape index (κ2) is 4.47. The maximum Gasteiger partial charge on any atom is 0.257 e. The minimum atomic E-state index is -0.873. The predicted octanol–water partition coefficient (Wildman–Crippen LogP) is 3.68. The summed E-state index contributed by atoms with van der Waals surface area (Å²) in [6.07, 6.45) is 0. The molecule has 2 aliphatic heterocycles. The van der Waals surface area contributed by atoms with Crippen LogP contribution in [0, 0.1) is 0 Å². The number of halogens is 2. The van der Waals surface area contributed by atoms with Gasteiger partial charge < -0.3 is 4.74 Å². The SMILES string of the molecule is O=C1c2cc(Cl)c(Cl)cc2C2(c3ccccc3)OCCN12. The Labute approximate surface area is 132 Å². The first-order chi connectivity index (χ1) is 10.1. The van der Waals surface area contributed by atoms with Crippen LogP contribution in [-0.2, 0) is 10.5 Å². The van der Waals surface area contributed by atoms with Crippen molar-refractivity contribution in [2.75, 3.05) is 13.2 Å². The number of amides is 1. The van der Waals surface area contributed by atoms with Gasteiger partial charge in [-0.1, -0.05) is 53.5 Å². The molecule has 4 rings (SSSR count). The number of hydrogen-bond acceptors (Lipinski definition) is 2. The van der Waals surface area contributed by atoms with Crippen molar-refractivity contribution in [2.45, 2.75) is 5.72 Å². The third kappa shape index (κ3) is 1.62. The van der Waals surface area contributed by atoms with E-state index in [9.17, 15) is 4.79 Å². The molecule has 106 valence electrons. The molecule has 0 saturated carbocycles. The number of ether oxygens (including phenoxy) is 1. The first-order valence-electron chi connectivity index (χ1n) is 6.65. The van der Waals surface area contributed by atoms with Gasteiger partial charge in [-0.3, -0.25) is 9.69 Å². The highest BCUT2D eigenvalue weighted by atomic mass is 35.5. The van der Waals surface area contributed by atoms with Crippen LogP contribution in [0.5, 0.6) is 0 Å². The van der Waals surface area contributed by atoms with E-state index in [0.717, 1.165) is 11.1 Å². The van der Waals surface area contributed by atoms with E-state index < -0.39 is 5.72 Å². The average molecular weight is 320 g/mol. The topological polar surface area (TPSA) is 29.5 Å². The number of nitrogens with zero attached hydrogens (tertiary/aromatic N) is 1. The summed E-state index contributed by atoms with van der Waals surface area (Å²) in [5.41, 5.74) is 1.38. The lowest BCUT2D eigenvalue weighted by atomic mass is 9.94. The molecule has 1 fully saturated rings. The molecular formula is C16H11Cl2NO2. The first kappa shape index (κ1) is 13.1. The Kier molecular flexibility index (Phi) is 2.80. The molecule has 0 radical (unpaired) electrons. The lowest BCUT2D eigenvalue weighted by Crippen LogP contribution is -2.40. The summed E-state index contributed by atoms with van der Waals surface area (Å²) in [7, 11) is 0. The molecule has 0 aromatic heterocycles. The van der Waals surface area contributed by atoms with E-state index in [2.05, 4.69) is 0 Å². The van der Waals surface area contributed by atoms with Crippen LogP contribution in [0.15, 0.2) is 42.5 Å². The normalized spacial score (nSPS) is 23.3. The third-order valence-electron chi connectivity index (χ3n) is 4.07. The molecule has 1 atom stereocenters. The van der Waals surface area contributed by atoms with Gasteiger partial charge in [0.1, 0.15) is 0 Å². The maximum absolute atomic E-state index is 12.7. The average Bonchev–Trinajstić information content (AvgIpc) is 3.03. The van der Waals surface area contributed by atoms with Crippen LogP contribution in [0.4, 0.5) is 0 Å². The van der Waals surface area contributed by atoms with E-state index in [-0.39, 0.29) is 5.91 Å². The summed E-state index contributed by atoms with van der Waals surface area (Å²) in [5.74, 6) is -0.0649. The van der Waals surface area contributed by atoms with E-state index in [1.807, 2.05) is 30.3 Å². The van der Waals surface area contributed by atoms with Gasteiger partial charge in [0.2, 0.25) is 0 Å². The Morgan fingerprint density at radius 3 is 2.57 bits per heavy atom. The van der Waals surface area contributed by atoms with Crippen LogP contribution in [0.2, 0.25) is 10.0 Å². The second-order valence-corrected chi connectivity index (χ2v) is 5.94. The number of hydrogen-bond donors (Lipinski definition) is 0.